The summed E-state index contributed by atoms with van der Waals surface area (Å²) < 4.78 is 34.1. The van der Waals surface area contributed by atoms with Gasteiger partial charge in [-0.2, -0.15) is 0 Å². The molecule has 0 radical (unpaired) electrons. The number of quaternary nitrogens is 1. The number of allylic oxidation sites excluding steroid dienone is 20. The lowest BCUT2D eigenvalue weighted by molar-refractivity contribution is -0.870. The fourth-order valence-electron chi connectivity index (χ4n) is 7.18. The van der Waals surface area contributed by atoms with Crippen LogP contribution in [0.2, 0.25) is 0 Å². The van der Waals surface area contributed by atoms with E-state index >= 15 is 0 Å². The average Bonchev–Trinajstić information content (AvgIpc) is 3.34. The number of hydrogen-bond acceptors (Lipinski definition) is 8. The second kappa shape index (κ2) is 52.3. The number of hydrogen-bond donors (Lipinski definition) is 0. The van der Waals surface area contributed by atoms with Gasteiger partial charge in [0.2, 0.25) is 0 Å². The van der Waals surface area contributed by atoms with Gasteiger partial charge in [-0.1, -0.05) is 212 Å². The Bertz CT molecular complexity index is 1630. The smallest absolute Gasteiger partial charge is 0.306 e. The Morgan fingerprint density at radius 1 is 0.431 bits per heavy atom. The van der Waals surface area contributed by atoms with E-state index in [0.717, 1.165) is 128 Å². The van der Waals surface area contributed by atoms with Gasteiger partial charge in [-0.25, -0.2) is 0 Å². The third-order valence-electron chi connectivity index (χ3n) is 11.5. The highest BCUT2D eigenvalue weighted by Gasteiger charge is 2.21. The third kappa shape index (κ3) is 55.7. The molecule has 0 saturated heterocycles. The molecule has 10 heteroatoms. The number of likely N-dealkylation sites (N-methyl/N-ethyl adjacent to an activating group) is 1. The van der Waals surface area contributed by atoms with Crippen molar-refractivity contribution in [3.8, 4) is 0 Å². The average molecular weight is 1020 g/mol. The van der Waals surface area contributed by atoms with Gasteiger partial charge in [0.1, 0.15) is 19.8 Å². The van der Waals surface area contributed by atoms with Crippen LogP contribution in [0.4, 0.5) is 0 Å². The number of carbonyl (C=O) groups is 2. The zero-order chi connectivity index (χ0) is 52.7. The van der Waals surface area contributed by atoms with Crippen LogP contribution in [0.1, 0.15) is 206 Å². The lowest BCUT2D eigenvalue weighted by atomic mass is 10.0. The molecule has 410 valence electrons. The van der Waals surface area contributed by atoms with E-state index in [1.807, 2.05) is 21.1 Å². The van der Waals surface area contributed by atoms with Crippen molar-refractivity contribution in [2.24, 2.45) is 0 Å². The van der Waals surface area contributed by atoms with Crippen molar-refractivity contribution in [2.45, 2.75) is 213 Å². The lowest BCUT2D eigenvalue weighted by Crippen LogP contribution is -2.37. The van der Waals surface area contributed by atoms with Gasteiger partial charge in [0, 0.05) is 12.8 Å². The Hall–Kier alpha value is -3.59. The minimum Gasteiger partial charge on any atom is -0.756 e. The molecule has 0 aromatic carbocycles. The Balaban J connectivity index is 4.23. The summed E-state index contributed by atoms with van der Waals surface area (Å²) in [6.07, 6.45) is 73.8. The molecule has 0 aliphatic rings. The summed E-state index contributed by atoms with van der Waals surface area (Å²) in [6, 6.07) is 0. The monoisotopic (exact) mass is 1020 g/mol. The number of unbranched alkanes of at least 4 members (excludes halogenated alkanes) is 16. The maximum atomic E-state index is 12.8. The molecule has 0 aromatic heterocycles. The second-order valence-electron chi connectivity index (χ2n) is 19.5. The number of phosphoric ester groups is 1. The molecule has 2 atom stereocenters. The zero-order valence-corrected chi connectivity index (χ0v) is 47.2. The van der Waals surface area contributed by atoms with Crippen LogP contribution in [0, 0.1) is 0 Å². The van der Waals surface area contributed by atoms with Crippen LogP contribution in [0.5, 0.6) is 0 Å². The number of ether oxygens (including phenoxy) is 2. The summed E-state index contributed by atoms with van der Waals surface area (Å²) in [4.78, 5) is 37.9. The fraction of sp³-hybridized carbons (Fsp3) is 0.645. The molecule has 0 fully saturated rings. The minimum absolute atomic E-state index is 0.0409. The van der Waals surface area contributed by atoms with E-state index in [1.165, 1.54) is 38.5 Å². The maximum absolute atomic E-state index is 12.8. The van der Waals surface area contributed by atoms with Crippen LogP contribution in [0.25, 0.3) is 0 Å². The largest absolute Gasteiger partial charge is 0.756 e. The Kier molecular flexibility index (Phi) is 49.7. The van der Waals surface area contributed by atoms with Gasteiger partial charge in [-0.15, -0.1) is 0 Å². The standard InChI is InChI=1S/C62H104NO8P/c1-6-8-10-12-14-16-18-20-22-24-26-27-28-29-30-31-32-33-34-35-37-39-41-43-45-47-49-51-53-55-62(65)71-60(59-70-72(66,67)69-57-56-63(3,4)5)58-68-61(64)54-52-50-48-46-44-42-40-38-36-25-23-21-19-17-15-13-11-9-7-2/h8-11,14-17,20-23,26-27,29-30,32-33,36,38,60H,6-7,12-13,18-19,24-25,28,31,34-35,37,39-59H2,1-5H3/b10-8-,11-9-,16-14-,17-15-,22-20-,23-21-,27-26-,30-29-,33-32-,38-36-. The van der Waals surface area contributed by atoms with E-state index in [1.54, 1.807) is 0 Å². The molecule has 0 bridgehead atoms. The summed E-state index contributed by atoms with van der Waals surface area (Å²) >= 11 is 0. The molecule has 9 nitrogen and oxygen atoms in total. The summed E-state index contributed by atoms with van der Waals surface area (Å²) in [5.41, 5.74) is 0. The number of nitrogens with zero attached hydrogens (tertiary/aromatic N) is 1. The Labute approximate surface area is 441 Å². The first-order valence-electron chi connectivity index (χ1n) is 28.2. The molecule has 72 heavy (non-hydrogen) atoms. The van der Waals surface area contributed by atoms with Crippen molar-refractivity contribution in [3.63, 3.8) is 0 Å². The van der Waals surface area contributed by atoms with Crippen molar-refractivity contribution in [1.82, 2.24) is 0 Å². The summed E-state index contributed by atoms with van der Waals surface area (Å²) in [5, 5.41) is 0. The van der Waals surface area contributed by atoms with Crippen LogP contribution in [-0.4, -0.2) is 70.0 Å². The van der Waals surface area contributed by atoms with E-state index in [4.69, 9.17) is 18.5 Å². The third-order valence-corrected chi connectivity index (χ3v) is 12.4. The van der Waals surface area contributed by atoms with Crippen molar-refractivity contribution >= 4 is 19.8 Å². The van der Waals surface area contributed by atoms with E-state index in [-0.39, 0.29) is 26.1 Å². The predicted molar refractivity (Wildman–Crippen MR) is 305 cm³/mol. The molecule has 2 unspecified atom stereocenters. The first-order valence-corrected chi connectivity index (χ1v) is 29.7. The summed E-state index contributed by atoms with van der Waals surface area (Å²) in [7, 11) is 1.14. The van der Waals surface area contributed by atoms with Crippen LogP contribution < -0.4 is 4.89 Å². The van der Waals surface area contributed by atoms with E-state index in [9.17, 15) is 19.0 Å². The fourth-order valence-corrected chi connectivity index (χ4v) is 7.91. The highest BCUT2D eigenvalue weighted by Crippen LogP contribution is 2.38. The number of phosphoric acid groups is 1. The first kappa shape index (κ1) is 68.4. The van der Waals surface area contributed by atoms with Gasteiger partial charge >= 0.3 is 11.9 Å². The van der Waals surface area contributed by atoms with Gasteiger partial charge in [0.15, 0.2) is 6.10 Å². The van der Waals surface area contributed by atoms with Gasteiger partial charge in [-0.05, 0) is 103 Å². The molecule has 0 amide bonds. The van der Waals surface area contributed by atoms with E-state index in [2.05, 4.69) is 135 Å². The van der Waals surface area contributed by atoms with Crippen molar-refractivity contribution in [2.75, 3.05) is 47.5 Å². The van der Waals surface area contributed by atoms with Crippen LogP contribution in [-0.2, 0) is 32.7 Å². The SMILES string of the molecule is CC/C=C\C/C=C\C/C=C\C/C=C\C/C=C\C/C=C\CCCCCCCCCCCCC(=O)OC(COC(=O)CCCCCCCC/C=C\C/C=C\C/C=C\C/C=C\CC)COP(=O)([O-])OCC[N+](C)(C)C. The Morgan fingerprint density at radius 2 is 0.750 bits per heavy atom. The molecule has 0 aromatic rings. The molecule has 0 aliphatic carbocycles. The van der Waals surface area contributed by atoms with Crippen LogP contribution in [0.3, 0.4) is 0 Å². The molecule has 0 saturated carbocycles. The Morgan fingerprint density at radius 3 is 1.11 bits per heavy atom. The molecule has 0 N–H and O–H groups in total. The molecule has 0 aliphatic heterocycles. The number of esters is 2. The van der Waals surface area contributed by atoms with Crippen LogP contribution >= 0.6 is 7.82 Å². The van der Waals surface area contributed by atoms with Gasteiger partial charge in [0.25, 0.3) is 7.82 Å². The number of carbonyl (C=O) groups excluding carboxylic acids is 2. The first-order chi connectivity index (χ1) is 35.0. The van der Waals surface area contributed by atoms with E-state index in [0.29, 0.717) is 23.9 Å². The molecule has 0 rings (SSSR count). The summed E-state index contributed by atoms with van der Waals surface area (Å²) in [6.45, 7) is 3.97. The van der Waals surface area contributed by atoms with Gasteiger partial charge in [-0.3, -0.25) is 14.2 Å². The molecular formula is C62H104NO8P. The maximum Gasteiger partial charge on any atom is 0.306 e. The lowest BCUT2D eigenvalue weighted by Gasteiger charge is -2.28. The van der Waals surface area contributed by atoms with Crippen molar-refractivity contribution < 1.29 is 42.1 Å². The number of rotatable bonds is 50. The van der Waals surface area contributed by atoms with Gasteiger partial charge < -0.3 is 27.9 Å². The van der Waals surface area contributed by atoms with Gasteiger partial charge in [0.05, 0.1) is 27.7 Å². The topological polar surface area (TPSA) is 111 Å². The van der Waals surface area contributed by atoms with Crippen molar-refractivity contribution in [1.29, 1.82) is 0 Å². The minimum atomic E-state index is -4.65. The normalized spacial score (nSPS) is 14.2. The molecule has 0 spiro atoms. The molecular weight excluding hydrogens is 918 g/mol. The zero-order valence-electron chi connectivity index (χ0n) is 46.3. The second-order valence-corrected chi connectivity index (χ2v) is 20.9. The highest BCUT2D eigenvalue weighted by molar-refractivity contribution is 7.45. The van der Waals surface area contributed by atoms with Crippen LogP contribution in [0.15, 0.2) is 122 Å². The predicted octanol–water partition coefficient (Wildman–Crippen LogP) is 17.0. The van der Waals surface area contributed by atoms with Crippen molar-refractivity contribution in [3.05, 3.63) is 122 Å². The molecule has 0 heterocycles. The summed E-state index contributed by atoms with van der Waals surface area (Å²) in [5.74, 6) is -0.863. The highest BCUT2D eigenvalue weighted by atomic mass is 31.2. The van der Waals surface area contributed by atoms with E-state index < -0.39 is 32.5 Å². The quantitative estimate of drug-likeness (QED) is 0.0195.